The molecular weight excluding hydrogens is 272 g/mol. The van der Waals surface area contributed by atoms with E-state index in [1.165, 1.54) is 4.90 Å². The number of likely N-dealkylation sites (tertiary alicyclic amines) is 1. The Morgan fingerprint density at radius 1 is 0.857 bits per heavy atom. The topological polar surface area (TPSA) is 83.6 Å². The van der Waals surface area contributed by atoms with E-state index in [1.54, 1.807) is 13.8 Å². The summed E-state index contributed by atoms with van der Waals surface area (Å²) in [5.41, 5.74) is 0. The molecule has 2 bridgehead atoms. The zero-order valence-corrected chi connectivity index (χ0v) is 11.8. The minimum absolute atomic E-state index is 0.190. The monoisotopic (exact) mass is 288 g/mol. The maximum atomic E-state index is 12.6. The molecule has 4 amide bonds. The number of hydrogen-bond donors (Lipinski definition) is 1. The summed E-state index contributed by atoms with van der Waals surface area (Å²) in [7, 11) is 0. The third kappa shape index (κ3) is 1.33. The van der Waals surface area contributed by atoms with Crippen LogP contribution in [0, 0.1) is 35.5 Å². The Morgan fingerprint density at radius 3 is 1.67 bits per heavy atom. The second-order valence-corrected chi connectivity index (χ2v) is 6.64. The summed E-state index contributed by atoms with van der Waals surface area (Å²) < 4.78 is 0. The van der Waals surface area contributed by atoms with Crippen LogP contribution in [-0.4, -0.2) is 34.6 Å². The average Bonchev–Trinajstić information content (AvgIpc) is 2.89. The van der Waals surface area contributed by atoms with Gasteiger partial charge in [-0.3, -0.25) is 29.4 Å². The van der Waals surface area contributed by atoms with Gasteiger partial charge in [0, 0.05) is 17.9 Å². The number of hydrogen-bond acceptors (Lipinski definition) is 4. The molecule has 0 aromatic rings. The van der Waals surface area contributed by atoms with E-state index in [4.69, 9.17) is 0 Å². The highest BCUT2D eigenvalue weighted by atomic mass is 16.2. The third-order valence-corrected chi connectivity index (χ3v) is 5.40. The Kier molecular flexibility index (Phi) is 2.31. The Hall–Kier alpha value is -1.98. The lowest BCUT2D eigenvalue weighted by molar-refractivity contribution is -0.142. The Morgan fingerprint density at radius 2 is 1.29 bits per heavy atom. The summed E-state index contributed by atoms with van der Waals surface area (Å²) in [6, 6.07) is -0.195. The van der Waals surface area contributed by atoms with E-state index in [0.717, 1.165) is 0 Å². The molecule has 0 spiro atoms. The van der Waals surface area contributed by atoms with Crippen LogP contribution in [0.4, 0.5) is 0 Å². The van der Waals surface area contributed by atoms with Gasteiger partial charge in [-0.1, -0.05) is 12.2 Å². The molecule has 110 valence electrons. The van der Waals surface area contributed by atoms with Crippen molar-refractivity contribution in [1.29, 1.82) is 0 Å². The molecule has 2 aliphatic heterocycles. The van der Waals surface area contributed by atoms with Crippen LogP contribution in [0.2, 0.25) is 0 Å². The van der Waals surface area contributed by atoms with Crippen molar-refractivity contribution in [1.82, 2.24) is 10.2 Å². The molecule has 5 aliphatic rings. The normalized spacial score (nSPS) is 43.7. The number of rotatable bonds is 1. The smallest absolute Gasteiger partial charge is 0.233 e. The van der Waals surface area contributed by atoms with Gasteiger partial charge in [-0.05, 0) is 13.8 Å². The average molecular weight is 288 g/mol. The largest absolute Gasteiger partial charge is 0.296 e. The summed E-state index contributed by atoms with van der Waals surface area (Å²) >= 11 is 0. The molecule has 1 saturated carbocycles. The van der Waals surface area contributed by atoms with Crippen LogP contribution in [0.3, 0.4) is 0 Å². The maximum Gasteiger partial charge on any atom is 0.233 e. The van der Waals surface area contributed by atoms with Crippen LogP contribution >= 0.6 is 0 Å². The predicted molar refractivity (Wildman–Crippen MR) is 70.2 cm³/mol. The van der Waals surface area contributed by atoms with Gasteiger partial charge in [-0.25, -0.2) is 0 Å². The van der Waals surface area contributed by atoms with Crippen LogP contribution in [0.15, 0.2) is 12.2 Å². The number of nitrogens with one attached hydrogen (secondary N) is 1. The van der Waals surface area contributed by atoms with Crippen molar-refractivity contribution in [2.45, 2.75) is 19.9 Å². The van der Waals surface area contributed by atoms with E-state index in [9.17, 15) is 19.2 Å². The Bertz CT molecular complexity index is 575. The third-order valence-electron chi connectivity index (χ3n) is 5.40. The van der Waals surface area contributed by atoms with E-state index < -0.39 is 23.7 Å². The van der Waals surface area contributed by atoms with Crippen molar-refractivity contribution in [3.8, 4) is 0 Å². The second kappa shape index (κ2) is 3.81. The van der Waals surface area contributed by atoms with E-state index in [2.05, 4.69) is 5.32 Å². The van der Waals surface area contributed by atoms with Crippen LogP contribution in [0.25, 0.3) is 0 Å². The maximum absolute atomic E-state index is 12.6. The molecule has 0 aromatic heterocycles. The van der Waals surface area contributed by atoms with Crippen LogP contribution < -0.4 is 5.32 Å². The molecule has 6 heteroatoms. The minimum atomic E-state index is -0.488. The molecule has 21 heavy (non-hydrogen) atoms. The molecule has 6 unspecified atom stereocenters. The molecule has 3 aliphatic carbocycles. The quantitative estimate of drug-likeness (QED) is 0.530. The fourth-order valence-electron chi connectivity index (χ4n) is 4.68. The van der Waals surface area contributed by atoms with E-state index in [0.29, 0.717) is 0 Å². The van der Waals surface area contributed by atoms with Gasteiger partial charge >= 0.3 is 0 Å². The van der Waals surface area contributed by atoms with Gasteiger partial charge in [-0.15, -0.1) is 0 Å². The molecule has 0 aromatic carbocycles. The standard InChI is InChI=1S/C15H16N2O4/c1-5(2)17-14(20)10-6-3-4-7(11(10)15(17)21)9-8(6)12(18)16-13(9)19/h3-11H,1-2H3,(H,16,18,19). The lowest BCUT2D eigenvalue weighted by Gasteiger charge is -2.44. The Balaban J connectivity index is 1.82. The molecule has 6 nitrogen and oxygen atoms in total. The van der Waals surface area contributed by atoms with Gasteiger partial charge in [0.1, 0.15) is 0 Å². The number of carbonyl (C=O) groups excluding carboxylic acids is 4. The summed E-state index contributed by atoms with van der Waals surface area (Å²) in [6.45, 7) is 3.61. The lowest BCUT2D eigenvalue weighted by Crippen LogP contribution is -2.50. The highest BCUT2D eigenvalue weighted by Crippen LogP contribution is 2.56. The van der Waals surface area contributed by atoms with Crippen LogP contribution in [0.5, 0.6) is 0 Å². The van der Waals surface area contributed by atoms with Crippen LogP contribution in [-0.2, 0) is 19.2 Å². The summed E-state index contributed by atoms with van der Waals surface area (Å²) in [6.07, 6.45) is 3.72. The van der Waals surface area contributed by atoms with Gasteiger partial charge < -0.3 is 0 Å². The lowest BCUT2D eigenvalue weighted by atomic mass is 9.54. The molecule has 5 rings (SSSR count). The zero-order valence-electron chi connectivity index (χ0n) is 11.8. The molecule has 2 heterocycles. The van der Waals surface area contributed by atoms with E-state index in [1.807, 2.05) is 12.2 Å². The zero-order chi connectivity index (χ0) is 15.0. The first-order valence-corrected chi connectivity index (χ1v) is 7.33. The van der Waals surface area contributed by atoms with Crippen molar-refractivity contribution in [2.75, 3.05) is 0 Å². The van der Waals surface area contributed by atoms with Gasteiger partial charge in [-0.2, -0.15) is 0 Å². The highest BCUT2D eigenvalue weighted by Gasteiger charge is 2.67. The second-order valence-electron chi connectivity index (χ2n) is 6.64. The molecule has 0 radical (unpaired) electrons. The molecule has 2 saturated heterocycles. The Labute approximate surface area is 121 Å². The number of carbonyl (C=O) groups is 4. The summed E-state index contributed by atoms with van der Waals surface area (Å²) in [5, 5.41) is 2.36. The molecule has 3 fully saturated rings. The number of imide groups is 2. The van der Waals surface area contributed by atoms with Crippen molar-refractivity contribution in [2.24, 2.45) is 35.5 Å². The van der Waals surface area contributed by atoms with Crippen molar-refractivity contribution in [3.63, 3.8) is 0 Å². The number of nitrogens with zero attached hydrogens (tertiary/aromatic N) is 1. The molecular formula is C15H16N2O4. The first-order valence-electron chi connectivity index (χ1n) is 7.33. The predicted octanol–water partition coefficient (Wildman–Crippen LogP) is -0.299. The van der Waals surface area contributed by atoms with Crippen molar-refractivity contribution < 1.29 is 19.2 Å². The first-order chi connectivity index (χ1) is 9.93. The SMILES string of the molecule is CC(C)N1C(=O)C2C3C=CC(C4C(=O)NC(=O)C34)C2C1=O. The molecule has 1 N–H and O–H groups in total. The highest BCUT2D eigenvalue weighted by molar-refractivity contribution is 6.10. The van der Waals surface area contributed by atoms with Gasteiger partial charge in [0.25, 0.3) is 0 Å². The number of allylic oxidation sites excluding steroid dienone is 2. The minimum Gasteiger partial charge on any atom is -0.296 e. The summed E-state index contributed by atoms with van der Waals surface area (Å²) in [4.78, 5) is 50.6. The van der Waals surface area contributed by atoms with Gasteiger partial charge in [0.05, 0.1) is 23.7 Å². The van der Waals surface area contributed by atoms with Crippen LogP contribution in [0.1, 0.15) is 13.8 Å². The van der Waals surface area contributed by atoms with Crippen molar-refractivity contribution >= 4 is 23.6 Å². The molecule has 6 atom stereocenters. The van der Waals surface area contributed by atoms with Gasteiger partial charge in [0.2, 0.25) is 23.6 Å². The fourth-order valence-corrected chi connectivity index (χ4v) is 4.68. The first kappa shape index (κ1) is 12.7. The van der Waals surface area contributed by atoms with Gasteiger partial charge in [0.15, 0.2) is 0 Å². The fraction of sp³-hybridized carbons (Fsp3) is 0.600. The number of amides is 4. The summed E-state index contributed by atoms with van der Waals surface area (Å²) in [5.74, 6) is -3.59. The van der Waals surface area contributed by atoms with E-state index >= 15 is 0 Å². The van der Waals surface area contributed by atoms with Crippen molar-refractivity contribution in [3.05, 3.63) is 12.2 Å². The van der Waals surface area contributed by atoms with E-state index in [-0.39, 0.29) is 41.5 Å².